The molecule has 1 aliphatic heterocycles. The van der Waals surface area contributed by atoms with Crippen molar-refractivity contribution in [2.45, 2.75) is 45.8 Å². The van der Waals surface area contributed by atoms with Crippen LogP contribution in [0.2, 0.25) is 0 Å². The van der Waals surface area contributed by atoms with E-state index in [1.165, 1.54) is 24.0 Å². The summed E-state index contributed by atoms with van der Waals surface area (Å²) in [5, 5.41) is 10.4. The number of rotatable bonds is 2. The van der Waals surface area contributed by atoms with Gasteiger partial charge in [-0.1, -0.05) is 12.1 Å². The van der Waals surface area contributed by atoms with Crippen LogP contribution in [-0.4, -0.2) is 34.8 Å². The van der Waals surface area contributed by atoms with Crippen molar-refractivity contribution in [3.8, 4) is 0 Å². The van der Waals surface area contributed by atoms with Gasteiger partial charge >= 0.3 is 6.09 Å². The van der Waals surface area contributed by atoms with Gasteiger partial charge in [0.25, 0.3) is 0 Å². The summed E-state index contributed by atoms with van der Waals surface area (Å²) in [5.74, 6) is -2.31. The molecule has 0 spiro atoms. The summed E-state index contributed by atoms with van der Waals surface area (Å²) in [5.41, 5.74) is -0.468. The van der Waals surface area contributed by atoms with Crippen molar-refractivity contribution in [3.63, 3.8) is 0 Å². The molecule has 6 heteroatoms. The van der Waals surface area contributed by atoms with Gasteiger partial charge in [-0.3, -0.25) is 0 Å². The van der Waals surface area contributed by atoms with Gasteiger partial charge in [0.15, 0.2) is 11.6 Å². The fourth-order valence-electron chi connectivity index (χ4n) is 2.68. The molecule has 1 heterocycles. The molecule has 1 aromatic rings. The van der Waals surface area contributed by atoms with Gasteiger partial charge in [0.05, 0.1) is 6.10 Å². The number of ether oxygens (including phenoxy) is 1. The van der Waals surface area contributed by atoms with E-state index in [0.29, 0.717) is 13.0 Å². The van der Waals surface area contributed by atoms with E-state index in [4.69, 9.17) is 4.74 Å². The lowest BCUT2D eigenvalue weighted by Crippen LogP contribution is -2.35. The molecule has 4 nitrogen and oxygen atoms in total. The van der Waals surface area contributed by atoms with E-state index >= 15 is 0 Å². The molecule has 1 aromatic carbocycles. The average molecular weight is 327 g/mol. The summed E-state index contributed by atoms with van der Waals surface area (Å²) in [6.07, 6.45) is -1.10. The molecule has 2 atom stereocenters. The first-order valence-corrected chi connectivity index (χ1v) is 7.70. The standard InChI is InChI=1S/C17H23F2NO3/c1-10-5-6-12(14(19)13(10)18)15(21)11-7-8-20(9-11)16(22)23-17(2,3)4/h5-6,11,15,21H,7-9H2,1-4H3. The van der Waals surface area contributed by atoms with E-state index in [1.54, 1.807) is 20.8 Å². The molecule has 0 aromatic heterocycles. The fourth-order valence-corrected chi connectivity index (χ4v) is 2.68. The van der Waals surface area contributed by atoms with Gasteiger partial charge in [-0.15, -0.1) is 0 Å². The van der Waals surface area contributed by atoms with Gasteiger partial charge in [-0.2, -0.15) is 0 Å². The van der Waals surface area contributed by atoms with Crippen LogP contribution in [0.3, 0.4) is 0 Å². The highest BCUT2D eigenvalue weighted by Gasteiger charge is 2.35. The number of halogens is 2. The minimum absolute atomic E-state index is 0.0656. The SMILES string of the molecule is Cc1ccc(C(O)C2CCN(C(=O)OC(C)(C)C)C2)c(F)c1F. The van der Waals surface area contributed by atoms with Crippen molar-refractivity contribution in [2.75, 3.05) is 13.1 Å². The maximum Gasteiger partial charge on any atom is 0.410 e. The smallest absolute Gasteiger partial charge is 0.410 e. The van der Waals surface area contributed by atoms with Crippen molar-refractivity contribution in [2.24, 2.45) is 5.92 Å². The summed E-state index contributed by atoms with van der Waals surface area (Å²) in [7, 11) is 0. The first kappa shape index (κ1) is 17.7. The van der Waals surface area contributed by atoms with Crippen molar-refractivity contribution in [3.05, 3.63) is 34.9 Å². The van der Waals surface area contributed by atoms with E-state index in [-0.39, 0.29) is 23.6 Å². The molecule has 0 radical (unpaired) electrons. The quantitative estimate of drug-likeness (QED) is 0.903. The maximum atomic E-state index is 14.0. The first-order valence-electron chi connectivity index (χ1n) is 7.70. The van der Waals surface area contributed by atoms with Crippen LogP contribution in [0, 0.1) is 24.5 Å². The minimum atomic E-state index is -1.16. The summed E-state index contributed by atoms with van der Waals surface area (Å²) in [4.78, 5) is 13.5. The van der Waals surface area contributed by atoms with Crippen LogP contribution in [-0.2, 0) is 4.74 Å². The Bertz CT molecular complexity index is 598. The number of carbonyl (C=O) groups excluding carboxylic acids is 1. The molecular formula is C17H23F2NO3. The van der Waals surface area contributed by atoms with Crippen LogP contribution in [0.4, 0.5) is 13.6 Å². The molecule has 2 unspecified atom stereocenters. The van der Waals surface area contributed by atoms with Gasteiger partial charge in [0.2, 0.25) is 0 Å². The van der Waals surface area contributed by atoms with Crippen LogP contribution in [0.1, 0.15) is 44.4 Å². The van der Waals surface area contributed by atoms with Crippen LogP contribution in [0.25, 0.3) is 0 Å². The number of aliphatic hydroxyl groups excluding tert-OH is 1. The highest BCUT2D eigenvalue weighted by atomic mass is 19.2. The third-order valence-corrected chi connectivity index (χ3v) is 3.95. The van der Waals surface area contributed by atoms with Crippen LogP contribution in [0.5, 0.6) is 0 Å². The molecule has 23 heavy (non-hydrogen) atoms. The number of aryl methyl sites for hydroxylation is 1. The zero-order valence-corrected chi connectivity index (χ0v) is 13.9. The van der Waals surface area contributed by atoms with E-state index in [1.807, 2.05) is 0 Å². The van der Waals surface area contributed by atoms with Crippen molar-refractivity contribution >= 4 is 6.09 Å². The normalized spacial score (nSPS) is 19.8. The molecule has 1 saturated heterocycles. The molecule has 1 amide bonds. The second-order valence-corrected chi connectivity index (χ2v) is 7.02. The first-order chi connectivity index (χ1) is 10.6. The molecule has 1 aliphatic rings. The van der Waals surface area contributed by atoms with Crippen molar-refractivity contribution in [1.29, 1.82) is 0 Å². The van der Waals surface area contributed by atoms with E-state index in [9.17, 15) is 18.7 Å². The minimum Gasteiger partial charge on any atom is -0.444 e. The van der Waals surface area contributed by atoms with Crippen LogP contribution >= 0.6 is 0 Å². The van der Waals surface area contributed by atoms with Gasteiger partial charge in [0, 0.05) is 24.6 Å². The Morgan fingerprint density at radius 2 is 2.00 bits per heavy atom. The van der Waals surface area contributed by atoms with E-state index in [2.05, 4.69) is 0 Å². The number of carbonyl (C=O) groups is 1. The number of hydrogen-bond acceptors (Lipinski definition) is 3. The molecule has 1 fully saturated rings. The topological polar surface area (TPSA) is 49.8 Å². The summed E-state index contributed by atoms with van der Waals surface area (Å²) >= 11 is 0. The zero-order chi connectivity index (χ0) is 17.4. The Labute approximate surface area is 135 Å². The molecule has 0 aliphatic carbocycles. The fraction of sp³-hybridized carbons (Fsp3) is 0.588. The number of hydrogen-bond donors (Lipinski definition) is 1. The predicted molar refractivity (Wildman–Crippen MR) is 82.0 cm³/mol. The van der Waals surface area contributed by atoms with Crippen molar-refractivity contribution < 1.29 is 23.4 Å². The number of benzene rings is 1. The Balaban J connectivity index is 2.07. The Morgan fingerprint density at radius 3 is 2.61 bits per heavy atom. The largest absolute Gasteiger partial charge is 0.444 e. The molecule has 2 rings (SSSR count). The summed E-state index contributed by atoms with van der Waals surface area (Å²) in [6.45, 7) is 7.47. The number of aliphatic hydroxyl groups is 1. The lowest BCUT2D eigenvalue weighted by Gasteiger charge is -2.25. The average Bonchev–Trinajstić information content (AvgIpc) is 2.92. The Hall–Kier alpha value is -1.69. The molecule has 1 N–H and O–H groups in total. The molecule has 128 valence electrons. The number of amides is 1. The highest BCUT2D eigenvalue weighted by Crippen LogP contribution is 2.33. The number of likely N-dealkylation sites (tertiary alicyclic amines) is 1. The van der Waals surface area contributed by atoms with E-state index in [0.717, 1.165) is 0 Å². The number of nitrogens with zero attached hydrogens (tertiary/aromatic N) is 1. The van der Waals surface area contributed by atoms with Crippen molar-refractivity contribution in [1.82, 2.24) is 4.90 Å². The van der Waals surface area contributed by atoms with Crippen LogP contribution in [0.15, 0.2) is 12.1 Å². The third-order valence-electron chi connectivity index (χ3n) is 3.95. The molecular weight excluding hydrogens is 304 g/mol. The zero-order valence-electron chi connectivity index (χ0n) is 13.9. The maximum absolute atomic E-state index is 14.0. The molecule has 0 saturated carbocycles. The highest BCUT2D eigenvalue weighted by molar-refractivity contribution is 5.68. The Morgan fingerprint density at radius 1 is 1.35 bits per heavy atom. The molecule has 0 bridgehead atoms. The summed E-state index contributed by atoms with van der Waals surface area (Å²) < 4.78 is 32.9. The summed E-state index contributed by atoms with van der Waals surface area (Å²) in [6, 6.07) is 2.84. The third kappa shape index (κ3) is 3.99. The van der Waals surface area contributed by atoms with Gasteiger partial charge in [-0.05, 0) is 39.7 Å². The lowest BCUT2D eigenvalue weighted by molar-refractivity contribution is 0.0267. The predicted octanol–water partition coefficient (Wildman–Crippen LogP) is 3.56. The van der Waals surface area contributed by atoms with Gasteiger partial charge in [0.1, 0.15) is 5.60 Å². The van der Waals surface area contributed by atoms with Crippen LogP contribution < -0.4 is 0 Å². The monoisotopic (exact) mass is 327 g/mol. The Kier molecular flexibility index (Phi) is 4.94. The van der Waals surface area contributed by atoms with Gasteiger partial charge in [-0.25, -0.2) is 13.6 Å². The lowest BCUT2D eigenvalue weighted by atomic mass is 9.94. The van der Waals surface area contributed by atoms with E-state index < -0.39 is 29.4 Å². The van der Waals surface area contributed by atoms with Gasteiger partial charge < -0.3 is 14.7 Å². The second kappa shape index (κ2) is 6.43. The second-order valence-electron chi connectivity index (χ2n) is 7.02.